The first kappa shape index (κ1) is 21.2. The standard InChI is InChI=1S/C26H37F3/c1-2-17-3-5-18(6-4-17)19-7-9-20(10-8-19)21-11-13-22(14-12-21)23-15-24(27)26(29)25(28)16-23/h15-22H,2-14H2,1H3. The van der Waals surface area contributed by atoms with Gasteiger partial charge in [0.2, 0.25) is 0 Å². The van der Waals surface area contributed by atoms with Crippen LogP contribution in [0.5, 0.6) is 0 Å². The van der Waals surface area contributed by atoms with E-state index in [9.17, 15) is 13.2 Å². The first-order valence-corrected chi connectivity index (χ1v) is 12.2. The predicted molar refractivity (Wildman–Crippen MR) is 112 cm³/mol. The lowest BCUT2D eigenvalue weighted by Gasteiger charge is -2.41. The highest BCUT2D eigenvalue weighted by Crippen LogP contribution is 2.47. The summed E-state index contributed by atoms with van der Waals surface area (Å²) in [6.45, 7) is 2.34. The molecule has 0 unspecified atom stereocenters. The summed E-state index contributed by atoms with van der Waals surface area (Å²) < 4.78 is 40.4. The second-order valence-corrected chi connectivity index (χ2v) is 10.3. The van der Waals surface area contributed by atoms with E-state index in [1.54, 1.807) is 0 Å². The molecule has 0 nitrogen and oxygen atoms in total. The first-order chi connectivity index (χ1) is 14.0. The molecule has 1 aromatic carbocycles. The Morgan fingerprint density at radius 3 is 1.41 bits per heavy atom. The first-order valence-electron chi connectivity index (χ1n) is 12.2. The van der Waals surface area contributed by atoms with Crippen molar-refractivity contribution in [2.75, 3.05) is 0 Å². The molecule has 3 fully saturated rings. The highest BCUT2D eigenvalue weighted by atomic mass is 19.2. The summed E-state index contributed by atoms with van der Waals surface area (Å²) in [4.78, 5) is 0. The van der Waals surface area contributed by atoms with E-state index in [-0.39, 0.29) is 5.92 Å². The van der Waals surface area contributed by atoms with Gasteiger partial charge in [-0.15, -0.1) is 0 Å². The highest BCUT2D eigenvalue weighted by Gasteiger charge is 2.35. The zero-order valence-electron chi connectivity index (χ0n) is 17.9. The van der Waals surface area contributed by atoms with Crippen LogP contribution < -0.4 is 0 Å². The van der Waals surface area contributed by atoms with E-state index in [2.05, 4.69) is 6.92 Å². The SMILES string of the molecule is CCC1CCC(C2CCC(C3CCC(c4cc(F)c(F)c(F)c4)CC3)CC2)CC1. The number of halogens is 3. The molecule has 0 N–H and O–H groups in total. The number of benzene rings is 1. The van der Waals surface area contributed by atoms with Gasteiger partial charge in [-0.25, -0.2) is 13.2 Å². The molecule has 3 aliphatic carbocycles. The van der Waals surface area contributed by atoms with Crippen LogP contribution in [0.1, 0.15) is 102 Å². The Morgan fingerprint density at radius 1 is 0.621 bits per heavy atom. The number of rotatable bonds is 4. The fraction of sp³-hybridized carbons (Fsp3) is 0.769. The third-order valence-electron chi connectivity index (χ3n) is 8.87. The van der Waals surface area contributed by atoms with Crippen LogP contribution in [0, 0.1) is 47.0 Å². The Kier molecular flexibility index (Phi) is 6.91. The van der Waals surface area contributed by atoms with Crippen molar-refractivity contribution in [2.45, 2.75) is 96.3 Å². The van der Waals surface area contributed by atoms with Gasteiger partial charge >= 0.3 is 0 Å². The average Bonchev–Trinajstić information content (AvgIpc) is 2.77. The molecule has 0 saturated heterocycles. The van der Waals surface area contributed by atoms with Gasteiger partial charge in [-0.1, -0.05) is 26.2 Å². The second-order valence-electron chi connectivity index (χ2n) is 10.3. The van der Waals surface area contributed by atoms with E-state index in [4.69, 9.17) is 0 Å². The van der Waals surface area contributed by atoms with E-state index in [1.165, 1.54) is 69.9 Å². The summed E-state index contributed by atoms with van der Waals surface area (Å²) in [7, 11) is 0. The van der Waals surface area contributed by atoms with Gasteiger partial charge in [0.25, 0.3) is 0 Å². The molecule has 1 aromatic rings. The molecule has 0 aliphatic heterocycles. The third-order valence-corrected chi connectivity index (χ3v) is 8.87. The molecule has 0 aromatic heterocycles. The van der Waals surface area contributed by atoms with Gasteiger partial charge < -0.3 is 0 Å². The molecule has 0 atom stereocenters. The molecule has 4 rings (SSSR count). The average molecular weight is 407 g/mol. The minimum Gasteiger partial charge on any atom is -0.204 e. The van der Waals surface area contributed by atoms with Crippen molar-refractivity contribution >= 4 is 0 Å². The maximum absolute atomic E-state index is 13.6. The minimum absolute atomic E-state index is 0.181. The van der Waals surface area contributed by atoms with E-state index >= 15 is 0 Å². The lowest BCUT2D eigenvalue weighted by molar-refractivity contribution is 0.109. The van der Waals surface area contributed by atoms with Crippen LogP contribution in [0.2, 0.25) is 0 Å². The maximum Gasteiger partial charge on any atom is 0.194 e. The summed E-state index contributed by atoms with van der Waals surface area (Å²) in [6.07, 6.45) is 17.1. The third kappa shape index (κ3) is 4.85. The van der Waals surface area contributed by atoms with Crippen LogP contribution in [0.3, 0.4) is 0 Å². The maximum atomic E-state index is 13.6. The van der Waals surface area contributed by atoms with Crippen LogP contribution in [0.25, 0.3) is 0 Å². The van der Waals surface area contributed by atoms with Crippen molar-refractivity contribution in [3.8, 4) is 0 Å². The predicted octanol–water partition coefficient (Wildman–Crippen LogP) is 8.40. The van der Waals surface area contributed by atoms with Gasteiger partial charge in [-0.05, 0) is 117 Å². The molecular formula is C26H37F3. The van der Waals surface area contributed by atoms with Crippen LogP contribution >= 0.6 is 0 Å². The van der Waals surface area contributed by atoms with Gasteiger partial charge in [0.05, 0.1) is 0 Å². The fourth-order valence-corrected chi connectivity index (χ4v) is 6.89. The summed E-state index contributed by atoms with van der Waals surface area (Å²) in [5.74, 6) is 1.30. The molecule has 3 heteroatoms. The molecule has 3 saturated carbocycles. The summed E-state index contributed by atoms with van der Waals surface area (Å²) in [5, 5.41) is 0. The van der Waals surface area contributed by atoms with E-state index in [1.807, 2.05) is 0 Å². The lowest BCUT2D eigenvalue weighted by atomic mass is 9.64. The zero-order chi connectivity index (χ0) is 20.4. The monoisotopic (exact) mass is 406 g/mol. The summed E-state index contributed by atoms with van der Waals surface area (Å²) >= 11 is 0. The van der Waals surface area contributed by atoms with Crippen LogP contribution in [0.15, 0.2) is 12.1 Å². The number of hydrogen-bond donors (Lipinski definition) is 0. The topological polar surface area (TPSA) is 0 Å². The quantitative estimate of drug-likeness (QED) is 0.440. The second kappa shape index (κ2) is 9.43. The minimum atomic E-state index is -1.35. The Bertz CT molecular complexity index is 638. The molecule has 29 heavy (non-hydrogen) atoms. The van der Waals surface area contributed by atoms with E-state index < -0.39 is 17.5 Å². The summed E-state index contributed by atoms with van der Waals surface area (Å²) in [6, 6.07) is 2.42. The normalized spacial score (nSPS) is 36.1. The van der Waals surface area contributed by atoms with Crippen molar-refractivity contribution in [2.24, 2.45) is 29.6 Å². The van der Waals surface area contributed by atoms with Gasteiger partial charge in [0.15, 0.2) is 17.5 Å². The molecule has 162 valence electrons. The van der Waals surface area contributed by atoms with Crippen LogP contribution in [-0.2, 0) is 0 Å². The molecule has 0 amide bonds. The van der Waals surface area contributed by atoms with Gasteiger partial charge in [0.1, 0.15) is 0 Å². The van der Waals surface area contributed by atoms with Crippen molar-refractivity contribution in [1.82, 2.24) is 0 Å². The Balaban J connectivity index is 1.24. The van der Waals surface area contributed by atoms with Crippen LogP contribution in [-0.4, -0.2) is 0 Å². The highest BCUT2D eigenvalue weighted by molar-refractivity contribution is 5.23. The lowest BCUT2D eigenvalue weighted by Crippen LogP contribution is -2.29. The molecule has 3 aliphatic rings. The molecular weight excluding hydrogens is 369 g/mol. The van der Waals surface area contributed by atoms with Crippen molar-refractivity contribution in [3.63, 3.8) is 0 Å². The Labute approximate surface area is 174 Å². The zero-order valence-corrected chi connectivity index (χ0v) is 17.9. The Hall–Kier alpha value is -0.990. The van der Waals surface area contributed by atoms with Gasteiger partial charge in [-0.2, -0.15) is 0 Å². The van der Waals surface area contributed by atoms with Crippen LogP contribution in [0.4, 0.5) is 13.2 Å². The van der Waals surface area contributed by atoms with Crippen molar-refractivity contribution in [3.05, 3.63) is 35.1 Å². The largest absolute Gasteiger partial charge is 0.204 e. The van der Waals surface area contributed by atoms with E-state index in [0.717, 1.165) is 55.3 Å². The van der Waals surface area contributed by atoms with Crippen molar-refractivity contribution < 1.29 is 13.2 Å². The fourth-order valence-electron chi connectivity index (χ4n) is 6.89. The smallest absolute Gasteiger partial charge is 0.194 e. The van der Waals surface area contributed by atoms with Gasteiger partial charge in [0, 0.05) is 0 Å². The molecule has 0 bridgehead atoms. The van der Waals surface area contributed by atoms with E-state index in [0.29, 0.717) is 5.56 Å². The molecule has 0 radical (unpaired) electrons. The summed E-state index contributed by atoms with van der Waals surface area (Å²) in [5.41, 5.74) is 0.645. The molecule has 0 spiro atoms. The van der Waals surface area contributed by atoms with Crippen molar-refractivity contribution in [1.29, 1.82) is 0 Å². The number of hydrogen-bond acceptors (Lipinski definition) is 0. The molecule has 0 heterocycles. The Morgan fingerprint density at radius 2 is 1.00 bits per heavy atom. The van der Waals surface area contributed by atoms with Gasteiger partial charge in [-0.3, -0.25) is 0 Å².